The van der Waals surface area contributed by atoms with Gasteiger partial charge in [-0.15, -0.1) is 0 Å². The van der Waals surface area contributed by atoms with E-state index in [9.17, 15) is 0 Å². The lowest BCUT2D eigenvalue weighted by Crippen LogP contribution is -2.45. The van der Waals surface area contributed by atoms with Crippen molar-refractivity contribution in [3.8, 4) is 0 Å². The van der Waals surface area contributed by atoms with Crippen LogP contribution in [0.5, 0.6) is 0 Å². The van der Waals surface area contributed by atoms with Gasteiger partial charge < -0.3 is 16.0 Å². The molecule has 238 valence electrons. The first kappa shape index (κ1) is 32.7. The van der Waals surface area contributed by atoms with Crippen LogP contribution < -0.4 is 16.0 Å². The first-order valence-corrected chi connectivity index (χ1v) is 20.6. The molecule has 0 aromatic rings. The fraction of sp³-hybridized carbons (Fsp3) is 1.00. The Labute approximate surface area is 256 Å². The summed E-state index contributed by atoms with van der Waals surface area (Å²) in [6, 6.07) is 5.53. The van der Waals surface area contributed by atoms with Gasteiger partial charge in [-0.2, -0.15) is 0 Å². The molecule has 16 unspecified atom stereocenters. The minimum Gasteiger partial charge on any atom is -0.311 e. The van der Waals surface area contributed by atoms with Gasteiger partial charge in [0.1, 0.15) is 0 Å². The highest BCUT2D eigenvalue weighted by Gasteiger charge is 2.53. The first-order chi connectivity index (χ1) is 19.7. The molecule has 3 N–H and O–H groups in total. The summed E-state index contributed by atoms with van der Waals surface area (Å²) in [6.45, 7) is 25.3. The van der Waals surface area contributed by atoms with E-state index in [1.54, 1.807) is 0 Å². The Bertz CT molecular complexity index is 836. The summed E-state index contributed by atoms with van der Waals surface area (Å²) in [6.07, 6.45) is 13.4. The van der Waals surface area contributed by atoms with Crippen molar-refractivity contribution in [2.24, 2.45) is 47.3 Å². The van der Waals surface area contributed by atoms with Crippen LogP contribution in [-0.4, -0.2) is 66.3 Å². The van der Waals surface area contributed by atoms with Gasteiger partial charge in [0.2, 0.25) is 0 Å². The van der Waals surface area contributed by atoms with Gasteiger partial charge in [-0.05, 0) is 94.4 Å². The van der Waals surface area contributed by atoms with Gasteiger partial charge in [0, 0.05) is 48.3 Å². The van der Waals surface area contributed by atoms with Crippen molar-refractivity contribution in [3.05, 3.63) is 0 Å². The van der Waals surface area contributed by atoms with Gasteiger partial charge >= 0.3 is 0 Å². The van der Waals surface area contributed by atoms with Crippen molar-refractivity contribution in [2.45, 2.75) is 168 Å². The van der Waals surface area contributed by atoms with Crippen LogP contribution in [0, 0.1) is 47.3 Å². The maximum absolute atomic E-state index is 4.42. The van der Waals surface area contributed by atoms with Gasteiger partial charge in [0.25, 0.3) is 0 Å². The predicted molar refractivity (Wildman–Crippen MR) is 180 cm³/mol. The molecule has 5 rings (SSSR count). The summed E-state index contributed by atoms with van der Waals surface area (Å²) in [5.41, 5.74) is 0. The van der Waals surface area contributed by atoms with E-state index >= 15 is 0 Å². The minimum atomic E-state index is -0.116. The summed E-state index contributed by atoms with van der Waals surface area (Å²) in [5.74, 6) is 6.54. The Morgan fingerprint density at radius 3 is 1.24 bits per heavy atom. The lowest BCUT2D eigenvalue weighted by atomic mass is 9.75. The minimum absolute atomic E-state index is 0.116. The van der Waals surface area contributed by atoms with Gasteiger partial charge in [0.05, 0.1) is 0 Å². The summed E-state index contributed by atoms with van der Waals surface area (Å²) in [5, 5.41) is 13.2. The van der Waals surface area contributed by atoms with Crippen LogP contribution in [0.4, 0.5) is 0 Å². The highest BCUT2D eigenvalue weighted by atomic mass is 31.1. The maximum atomic E-state index is 4.42. The first-order valence-electron chi connectivity index (χ1n) is 18.5. The third-order valence-corrected chi connectivity index (χ3v) is 15.5. The molecule has 0 aromatic carbocycles. The Morgan fingerprint density at radius 2 is 0.829 bits per heavy atom. The highest BCUT2D eigenvalue weighted by molar-refractivity contribution is 7.53. The van der Waals surface area contributed by atoms with Crippen LogP contribution in [0.25, 0.3) is 0 Å². The molecular formula is C36H69N4P. The molecule has 5 heteroatoms. The lowest BCUT2D eigenvalue weighted by molar-refractivity contribution is 0.229. The van der Waals surface area contributed by atoms with Crippen LogP contribution in [0.15, 0.2) is 0 Å². The molecule has 5 saturated heterocycles. The number of nitrogens with zero attached hydrogens (tertiary/aromatic N) is 1. The molecule has 0 spiro atoms. The van der Waals surface area contributed by atoms with Crippen LogP contribution in [0.1, 0.15) is 120 Å². The van der Waals surface area contributed by atoms with E-state index < -0.39 is 0 Å². The smallest absolute Gasteiger partial charge is 0.0183 e. The van der Waals surface area contributed by atoms with Gasteiger partial charge in [-0.1, -0.05) is 93.9 Å². The van der Waals surface area contributed by atoms with Gasteiger partial charge in [-0.3, -0.25) is 4.67 Å². The molecule has 4 nitrogen and oxygen atoms in total. The Morgan fingerprint density at radius 1 is 0.463 bits per heavy atom. The van der Waals surface area contributed by atoms with Crippen molar-refractivity contribution < 1.29 is 0 Å². The van der Waals surface area contributed by atoms with E-state index in [-0.39, 0.29) is 8.07 Å². The number of hydrogen-bond donors (Lipinski definition) is 3. The van der Waals surface area contributed by atoms with Crippen LogP contribution in [0.3, 0.4) is 0 Å². The van der Waals surface area contributed by atoms with Crippen molar-refractivity contribution in [2.75, 3.05) is 13.3 Å². The number of hydrogen-bond acceptors (Lipinski definition) is 4. The van der Waals surface area contributed by atoms with Gasteiger partial charge in [-0.25, -0.2) is 0 Å². The molecule has 0 saturated carbocycles. The molecule has 5 aliphatic rings. The fourth-order valence-electron chi connectivity index (χ4n) is 12.2. The van der Waals surface area contributed by atoms with Crippen molar-refractivity contribution in [1.82, 2.24) is 20.6 Å². The van der Waals surface area contributed by atoms with E-state index in [2.05, 4.69) is 89.3 Å². The van der Waals surface area contributed by atoms with Crippen LogP contribution >= 0.6 is 8.07 Å². The summed E-state index contributed by atoms with van der Waals surface area (Å²) >= 11 is 0. The topological polar surface area (TPSA) is 39.3 Å². The van der Waals surface area contributed by atoms with E-state index in [1.165, 1.54) is 64.2 Å². The summed E-state index contributed by atoms with van der Waals surface area (Å²) in [4.78, 5) is 0. The quantitative estimate of drug-likeness (QED) is 0.266. The SMILES string of the molecule is CCC1C2CC3NC(CC4NC(CC5C(CC)C(C)C(CC(N2)C1C)N5P(C)C)C(CC)C4CC)C(CC)C3CC. The molecule has 5 heterocycles. The normalized spacial score (nSPS) is 50.7. The molecule has 0 amide bonds. The third kappa shape index (κ3) is 5.87. The van der Waals surface area contributed by atoms with E-state index in [4.69, 9.17) is 0 Å². The average molecular weight is 589 g/mol. The molecule has 16 atom stereocenters. The number of nitrogens with one attached hydrogen (secondary N) is 3. The van der Waals surface area contributed by atoms with E-state index in [0.29, 0.717) is 36.3 Å². The predicted octanol–water partition coefficient (Wildman–Crippen LogP) is 7.72. The second kappa shape index (κ2) is 13.7. The van der Waals surface area contributed by atoms with Crippen LogP contribution in [-0.2, 0) is 0 Å². The fourth-order valence-corrected chi connectivity index (χ4v) is 13.9. The Balaban J connectivity index is 1.54. The average Bonchev–Trinajstić information content (AvgIpc) is 3.63. The molecule has 5 fully saturated rings. The molecule has 5 aliphatic heterocycles. The van der Waals surface area contributed by atoms with E-state index in [0.717, 1.165) is 59.4 Å². The maximum Gasteiger partial charge on any atom is 0.0183 e. The van der Waals surface area contributed by atoms with Gasteiger partial charge in [0.15, 0.2) is 0 Å². The van der Waals surface area contributed by atoms with Crippen molar-refractivity contribution in [3.63, 3.8) is 0 Å². The van der Waals surface area contributed by atoms with Crippen LogP contribution in [0.2, 0.25) is 0 Å². The molecular weight excluding hydrogens is 519 g/mol. The summed E-state index contributed by atoms with van der Waals surface area (Å²) < 4.78 is 3.12. The number of fused-ring (bicyclic) bond motifs is 8. The monoisotopic (exact) mass is 589 g/mol. The highest BCUT2D eigenvalue weighted by Crippen LogP contribution is 2.53. The molecule has 41 heavy (non-hydrogen) atoms. The number of rotatable bonds is 7. The zero-order valence-electron chi connectivity index (χ0n) is 28.7. The van der Waals surface area contributed by atoms with Crippen molar-refractivity contribution >= 4 is 8.07 Å². The third-order valence-electron chi connectivity index (χ3n) is 14.0. The lowest BCUT2D eigenvalue weighted by Gasteiger charge is -2.38. The zero-order valence-corrected chi connectivity index (χ0v) is 29.6. The largest absolute Gasteiger partial charge is 0.311 e. The Kier molecular flexibility index (Phi) is 10.9. The Hall–Kier alpha value is 0.270. The van der Waals surface area contributed by atoms with E-state index in [1.807, 2.05) is 0 Å². The molecule has 0 aliphatic carbocycles. The van der Waals surface area contributed by atoms with Crippen molar-refractivity contribution in [1.29, 1.82) is 0 Å². The molecule has 0 aromatic heterocycles. The summed E-state index contributed by atoms with van der Waals surface area (Å²) in [7, 11) is -0.116. The zero-order chi connectivity index (χ0) is 29.6. The second-order valence-electron chi connectivity index (χ2n) is 15.6. The molecule has 8 bridgehead atoms. The molecule has 0 radical (unpaired) electrons. The second-order valence-corrected chi connectivity index (χ2v) is 17.8. The standard InChI is InChI=1S/C36H69N4P/c1-11-23-21(7)29-19-35-22(8)24(12-2)36(40(35)41(9)10)20-34-28(16-6)27(15-5)33(39-34)18-32-26(14-4)25(13-3)31(38-32)17-30(23)37-29/h21-39H,11-20H2,1-10H3.